The van der Waals surface area contributed by atoms with E-state index in [1.807, 2.05) is 33.8 Å². The molecule has 1 aromatic rings. The minimum Gasteiger partial charge on any atom is -0.444 e. The third-order valence-electron chi connectivity index (χ3n) is 3.70. The number of benzene rings is 1. The molecule has 0 saturated heterocycles. The van der Waals surface area contributed by atoms with Crippen molar-refractivity contribution < 1.29 is 14.3 Å². The number of rotatable bonds is 8. The van der Waals surface area contributed by atoms with Crippen molar-refractivity contribution in [1.82, 2.24) is 10.6 Å². The summed E-state index contributed by atoms with van der Waals surface area (Å²) < 4.78 is 5.28. The van der Waals surface area contributed by atoms with Gasteiger partial charge < -0.3 is 20.7 Å². The van der Waals surface area contributed by atoms with Gasteiger partial charge in [-0.15, -0.1) is 0 Å². The Morgan fingerprint density at radius 3 is 2.33 bits per heavy atom. The molecule has 152 valence electrons. The van der Waals surface area contributed by atoms with Crippen LogP contribution in [0.5, 0.6) is 0 Å². The van der Waals surface area contributed by atoms with E-state index in [1.165, 1.54) is 0 Å². The van der Waals surface area contributed by atoms with Crippen LogP contribution in [0, 0.1) is 5.92 Å². The molecule has 1 aromatic carbocycles. The summed E-state index contributed by atoms with van der Waals surface area (Å²) in [5.74, 6) is 0.185. The van der Waals surface area contributed by atoms with E-state index < -0.39 is 17.2 Å². The fourth-order valence-electron chi connectivity index (χ4n) is 2.74. The van der Waals surface area contributed by atoms with Gasteiger partial charge in [-0.3, -0.25) is 4.79 Å². The number of alkyl carbamates (subject to hydrolysis) is 1. The van der Waals surface area contributed by atoms with Gasteiger partial charge in [0, 0.05) is 12.1 Å². The smallest absolute Gasteiger partial charge is 0.407 e. The number of halogens is 1. The lowest BCUT2D eigenvalue weighted by Crippen LogP contribution is -2.54. The first kappa shape index (κ1) is 23.2. The number of hydrogen-bond acceptors (Lipinski definition) is 4. The average Bonchev–Trinajstić information content (AvgIpc) is 2.51. The summed E-state index contributed by atoms with van der Waals surface area (Å²) in [7, 11) is 0. The molecule has 0 aromatic heterocycles. The van der Waals surface area contributed by atoms with Crippen LogP contribution in [0.1, 0.15) is 48.0 Å². The molecule has 0 radical (unpaired) electrons. The Labute approximate surface area is 167 Å². The summed E-state index contributed by atoms with van der Waals surface area (Å²) in [6.07, 6.45) is 0.308. The number of carbonyl (C=O) groups excluding carboxylic acids is 2. The fraction of sp³-hybridized carbons (Fsp3) is 0.600. The van der Waals surface area contributed by atoms with E-state index >= 15 is 0 Å². The fourth-order valence-corrected chi connectivity index (χ4v) is 2.92. The maximum atomic E-state index is 12.3. The molecule has 27 heavy (non-hydrogen) atoms. The topological polar surface area (TPSA) is 79.5 Å². The van der Waals surface area contributed by atoms with Gasteiger partial charge in [-0.2, -0.15) is 0 Å². The minimum absolute atomic E-state index is 0.102. The number of amides is 2. The second-order valence-electron chi connectivity index (χ2n) is 8.40. The van der Waals surface area contributed by atoms with Crippen molar-refractivity contribution in [3.05, 3.63) is 29.3 Å². The van der Waals surface area contributed by atoms with Crippen LogP contribution in [0.25, 0.3) is 0 Å². The van der Waals surface area contributed by atoms with Crippen molar-refractivity contribution >= 4 is 29.3 Å². The van der Waals surface area contributed by atoms with Crippen molar-refractivity contribution in [3.63, 3.8) is 0 Å². The predicted octanol–water partition coefficient (Wildman–Crippen LogP) is 4.20. The lowest BCUT2D eigenvalue weighted by Gasteiger charge is -2.33. The molecule has 0 saturated carbocycles. The van der Waals surface area contributed by atoms with Crippen molar-refractivity contribution in [3.8, 4) is 0 Å². The molecule has 0 heterocycles. The lowest BCUT2D eigenvalue weighted by molar-refractivity contribution is -0.115. The molecular formula is C20H32ClN3O3. The monoisotopic (exact) mass is 397 g/mol. The second-order valence-corrected chi connectivity index (χ2v) is 8.80. The van der Waals surface area contributed by atoms with Crippen LogP contribution in [-0.4, -0.2) is 36.2 Å². The summed E-state index contributed by atoms with van der Waals surface area (Å²) >= 11 is 6.07. The van der Waals surface area contributed by atoms with Gasteiger partial charge >= 0.3 is 6.09 Å². The minimum atomic E-state index is -0.555. The molecule has 1 unspecified atom stereocenters. The van der Waals surface area contributed by atoms with Gasteiger partial charge in [-0.25, -0.2) is 4.79 Å². The normalized spacial score (nSPS) is 13.8. The number of para-hydroxylation sites is 1. The SMILES string of the molecule is CC(C)CC(C)(CNC(=O)OC(C)(C)C)NCC(=O)Nc1ccccc1Cl. The number of hydrogen-bond donors (Lipinski definition) is 3. The van der Waals surface area contributed by atoms with Crippen molar-refractivity contribution in [2.75, 3.05) is 18.4 Å². The van der Waals surface area contributed by atoms with Crippen molar-refractivity contribution in [2.24, 2.45) is 5.92 Å². The Bertz CT molecular complexity index is 644. The Hall–Kier alpha value is -1.79. The highest BCUT2D eigenvalue weighted by molar-refractivity contribution is 6.33. The standard InChI is InChI=1S/C20H32ClN3O3/c1-14(2)11-20(6,13-22-18(26)27-19(3,4)5)23-12-17(25)24-16-10-8-7-9-15(16)21/h7-10,14,23H,11-13H2,1-6H3,(H,22,26)(H,24,25). The van der Waals surface area contributed by atoms with E-state index in [9.17, 15) is 9.59 Å². The maximum Gasteiger partial charge on any atom is 0.407 e. The zero-order valence-corrected chi connectivity index (χ0v) is 17.9. The van der Waals surface area contributed by atoms with Crippen LogP contribution in [-0.2, 0) is 9.53 Å². The quantitative estimate of drug-likeness (QED) is 0.614. The van der Waals surface area contributed by atoms with Gasteiger partial charge in [-0.1, -0.05) is 37.6 Å². The zero-order valence-electron chi connectivity index (χ0n) is 17.1. The largest absolute Gasteiger partial charge is 0.444 e. The van der Waals surface area contributed by atoms with Gasteiger partial charge in [0.15, 0.2) is 0 Å². The maximum absolute atomic E-state index is 12.3. The van der Waals surface area contributed by atoms with Crippen LogP contribution in [0.3, 0.4) is 0 Å². The molecule has 0 spiro atoms. The van der Waals surface area contributed by atoms with E-state index in [2.05, 4.69) is 29.8 Å². The van der Waals surface area contributed by atoms with E-state index in [4.69, 9.17) is 16.3 Å². The van der Waals surface area contributed by atoms with E-state index in [0.29, 0.717) is 23.2 Å². The van der Waals surface area contributed by atoms with Crippen LogP contribution in [0.15, 0.2) is 24.3 Å². The molecule has 7 heteroatoms. The van der Waals surface area contributed by atoms with Gasteiger partial charge in [-0.05, 0) is 52.2 Å². The highest BCUT2D eigenvalue weighted by atomic mass is 35.5. The van der Waals surface area contributed by atoms with Crippen molar-refractivity contribution in [2.45, 2.75) is 59.1 Å². The van der Waals surface area contributed by atoms with Crippen LogP contribution in [0.2, 0.25) is 5.02 Å². The summed E-state index contributed by atoms with van der Waals surface area (Å²) in [6.45, 7) is 12.1. The summed E-state index contributed by atoms with van der Waals surface area (Å²) in [4.78, 5) is 24.2. The lowest BCUT2D eigenvalue weighted by atomic mass is 9.90. The third kappa shape index (κ3) is 9.63. The third-order valence-corrected chi connectivity index (χ3v) is 4.03. The Morgan fingerprint density at radius 1 is 1.15 bits per heavy atom. The summed E-state index contributed by atoms with van der Waals surface area (Å²) in [6, 6.07) is 7.08. The van der Waals surface area contributed by atoms with Gasteiger partial charge in [0.05, 0.1) is 17.3 Å². The van der Waals surface area contributed by atoms with E-state index in [1.54, 1.807) is 18.2 Å². The highest BCUT2D eigenvalue weighted by Crippen LogP contribution is 2.20. The first-order valence-corrected chi connectivity index (χ1v) is 9.54. The molecule has 6 nitrogen and oxygen atoms in total. The summed E-state index contributed by atoms with van der Waals surface area (Å²) in [5.41, 5.74) is -0.438. The zero-order chi connectivity index (χ0) is 20.7. The Morgan fingerprint density at radius 2 is 1.78 bits per heavy atom. The molecule has 0 bridgehead atoms. The molecule has 2 amide bonds. The number of nitrogens with one attached hydrogen (secondary N) is 3. The van der Waals surface area contributed by atoms with E-state index in [0.717, 1.165) is 6.42 Å². The van der Waals surface area contributed by atoms with Gasteiger partial charge in [0.1, 0.15) is 5.60 Å². The molecule has 3 N–H and O–H groups in total. The molecule has 0 fully saturated rings. The van der Waals surface area contributed by atoms with Crippen molar-refractivity contribution in [1.29, 1.82) is 0 Å². The average molecular weight is 398 g/mol. The van der Waals surface area contributed by atoms with Crippen LogP contribution < -0.4 is 16.0 Å². The van der Waals surface area contributed by atoms with E-state index in [-0.39, 0.29) is 12.5 Å². The molecule has 1 rings (SSSR count). The number of anilines is 1. The molecule has 1 atom stereocenters. The second kappa shape index (κ2) is 9.95. The van der Waals surface area contributed by atoms with Crippen LogP contribution in [0.4, 0.5) is 10.5 Å². The number of carbonyl (C=O) groups is 2. The Balaban J connectivity index is 2.63. The highest BCUT2D eigenvalue weighted by Gasteiger charge is 2.27. The first-order chi connectivity index (χ1) is 12.4. The molecule has 0 aliphatic heterocycles. The van der Waals surface area contributed by atoms with Gasteiger partial charge in [0.25, 0.3) is 0 Å². The van der Waals surface area contributed by atoms with Crippen LogP contribution >= 0.6 is 11.6 Å². The molecule has 0 aliphatic rings. The molecular weight excluding hydrogens is 366 g/mol. The predicted molar refractivity (Wildman–Crippen MR) is 110 cm³/mol. The van der Waals surface area contributed by atoms with Gasteiger partial charge in [0.2, 0.25) is 5.91 Å². The number of ether oxygens (including phenoxy) is 1. The summed E-state index contributed by atoms with van der Waals surface area (Å²) in [5, 5.41) is 9.33. The Kier molecular flexibility index (Phi) is 8.57. The molecule has 0 aliphatic carbocycles. The first-order valence-electron chi connectivity index (χ1n) is 9.16.